The van der Waals surface area contributed by atoms with Crippen molar-refractivity contribution < 1.29 is 9.47 Å². The van der Waals surface area contributed by atoms with E-state index < -0.39 is 5.91 Å². The average Bonchev–Trinajstić information content (AvgIpc) is 2.39. The van der Waals surface area contributed by atoms with Crippen LogP contribution in [0.15, 0.2) is 30.6 Å². The van der Waals surface area contributed by atoms with E-state index in [-0.39, 0.29) is 0 Å². The third-order valence-corrected chi connectivity index (χ3v) is 2.67. The molecule has 17 heavy (non-hydrogen) atoms. The Hall–Kier alpha value is -1.72. The highest BCUT2D eigenvalue weighted by Gasteiger charge is 2.23. The lowest BCUT2D eigenvalue weighted by molar-refractivity contribution is -0.171. The van der Waals surface area contributed by atoms with E-state index in [1.165, 1.54) is 6.33 Å². The molecule has 2 aromatic rings. The molecule has 0 aliphatic carbocycles. The molecular weight excluding hydrogens is 218 g/mol. The molecule has 0 unspecified atom stereocenters. The van der Waals surface area contributed by atoms with E-state index in [0.29, 0.717) is 5.82 Å². The minimum Gasteiger partial charge on any atom is -0.336 e. The number of fused-ring (bicyclic) bond motifs is 1. The van der Waals surface area contributed by atoms with Crippen molar-refractivity contribution in [2.75, 3.05) is 19.5 Å². The highest BCUT2D eigenvalue weighted by molar-refractivity contribution is 5.88. The van der Waals surface area contributed by atoms with E-state index >= 15 is 0 Å². The van der Waals surface area contributed by atoms with Gasteiger partial charge in [0.1, 0.15) is 12.1 Å². The number of hydrogen-bond donors (Lipinski definition) is 1. The van der Waals surface area contributed by atoms with Gasteiger partial charge in [0, 0.05) is 26.5 Å². The number of nitrogens with one attached hydrogen (secondary N) is 1. The summed E-state index contributed by atoms with van der Waals surface area (Å²) in [6, 6.07) is 7.75. The molecule has 5 nitrogen and oxygen atoms in total. The summed E-state index contributed by atoms with van der Waals surface area (Å²) in [5.74, 6) is -0.223. The number of benzene rings is 1. The fourth-order valence-corrected chi connectivity index (χ4v) is 1.50. The number of nitrogens with zero attached hydrogens (tertiary/aromatic N) is 2. The molecule has 1 aromatic carbocycles. The molecule has 1 heterocycles. The summed E-state index contributed by atoms with van der Waals surface area (Å²) in [5, 5.41) is 4.03. The number of para-hydroxylation sites is 1. The zero-order valence-electron chi connectivity index (χ0n) is 10.1. The van der Waals surface area contributed by atoms with Crippen molar-refractivity contribution in [3.63, 3.8) is 0 Å². The lowest BCUT2D eigenvalue weighted by atomic mass is 10.2. The molecule has 1 N–H and O–H groups in total. The van der Waals surface area contributed by atoms with Gasteiger partial charge in [-0.1, -0.05) is 12.1 Å². The summed E-state index contributed by atoms with van der Waals surface area (Å²) in [4.78, 5) is 8.40. The van der Waals surface area contributed by atoms with Crippen LogP contribution in [0.2, 0.25) is 0 Å². The SMILES string of the molecule is COC(C)(Nc1ncnc2ccccc12)OC. The third-order valence-electron chi connectivity index (χ3n) is 2.67. The first-order valence-corrected chi connectivity index (χ1v) is 5.27. The number of methoxy groups -OCH3 is 2. The van der Waals surface area contributed by atoms with Crippen molar-refractivity contribution in [2.45, 2.75) is 12.8 Å². The Kier molecular flexibility index (Phi) is 3.21. The van der Waals surface area contributed by atoms with Crippen molar-refractivity contribution in [3.8, 4) is 0 Å². The first kappa shape index (κ1) is 11.8. The Morgan fingerprint density at radius 2 is 1.82 bits per heavy atom. The second kappa shape index (κ2) is 4.65. The van der Waals surface area contributed by atoms with E-state index in [2.05, 4.69) is 15.3 Å². The largest absolute Gasteiger partial charge is 0.336 e. The number of rotatable bonds is 4. The maximum Gasteiger partial charge on any atom is 0.246 e. The molecule has 1 aromatic heterocycles. The van der Waals surface area contributed by atoms with Crippen LogP contribution in [0.1, 0.15) is 6.92 Å². The van der Waals surface area contributed by atoms with Gasteiger partial charge in [-0.2, -0.15) is 0 Å². The Balaban J connectivity index is 2.42. The van der Waals surface area contributed by atoms with Crippen LogP contribution in [0, 0.1) is 0 Å². The summed E-state index contributed by atoms with van der Waals surface area (Å²) in [5.41, 5.74) is 0.875. The number of ether oxygens (including phenoxy) is 2. The van der Waals surface area contributed by atoms with Gasteiger partial charge in [-0.3, -0.25) is 0 Å². The topological polar surface area (TPSA) is 56.3 Å². The van der Waals surface area contributed by atoms with E-state index in [1.54, 1.807) is 21.1 Å². The zero-order chi connectivity index (χ0) is 12.3. The number of anilines is 1. The van der Waals surface area contributed by atoms with Crippen LogP contribution in [-0.2, 0) is 9.47 Å². The molecule has 0 radical (unpaired) electrons. The summed E-state index contributed by atoms with van der Waals surface area (Å²) >= 11 is 0. The van der Waals surface area contributed by atoms with Crippen molar-refractivity contribution in [1.82, 2.24) is 9.97 Å². The normalized spacial score (nSPS) is 11.7. The summed E-state index contributed by atoms with van der Waals surface area (Å²) in [6.45, 7) is 1.78. The Bertz CT molecular complexity index is 507. The minimum absolute atomic E-state index is 0.682. The molecule has 0 atom stereocenters. The van der Waals surface area contributed by atoms with E-state index in [9.17, 15) is 0 Å². The molecule has 90 valence electrons. The van der Waals surface area contributed by atoms with Gasteiger partial charge in [-0.05, 0) is 12.1 Å². The first-order chi connectivity index (χ1) is 8.18. The maximum atomic E-state index is 5.25. The minimum atomic E-state index is -0.906. The second-order valence-corrected chi connectivity index (χ2v) is 3.72. The molecule has 2 rings (SSSR count). The fourth-order valence-electron chi connectivity index (χ4n) is 1.50. The van der Waals surface area contributed by atoms with Gasteiger partial charge >= 0.3 is 0 Å². The van der Waals surface area contributed by atoms with Gasteiger partial charge in [-0.15, -0.1) is 0 Å². The van der Waals surface area contributed by atoms with Crippen LogP contribution in [0.5, 0.6) is 0 Å². The van der Waals surface area contributed by atoms with Crippen molar-refractivity contribution in [3.05, 3.63) is 30.6 Å². The summed E-state index contributed by atoms with van der Waals surface area (Å²) in [7, 11) is 3.14. The maximum absolute atomic E-state index is 5.25. The Morgan fingerprint density at radius 1 is 1.12 bits per heavy atom. The molecule has 0 aliphatic rings. The standard InChI is InChI=1S/C12H15N3O2/c1-12(16-2,17-3)15-11-9-6-4-5-7-10(9)13-8-14-11/h4-8H,1-3H3,(H,13,14,15). The fraction of sp³-hybridized carbons (Fsp3) is 0.333. The molecule has 5 heteroatoms. The molecule has 0 bridgehead atoms. The van der Waals surface area contributed by atoms with Crippen LogP contribution < -0.4 is 5.32 Å². The van der Waals surface area contributed by atoms with Gasteiger partial charge in [0.25, 0.3) is 0 Å². The average molecular weight is 233 g/mol. The van der Waals surface area contributed by atoms with Gasteiger partial charge < -0.3 is 14.8 Å². The highest BCUT2D eigenvalue weighted by atomic mass is 16.7. The van der Waals surface area contributed by atoms with Crippen LogP contribution in [0.25, 0.3) is 10.9 Å². The van der Waals surface area contributed by atoms with Crippen LogP contribution >= 0.6 is 0 Å². The van der Waals surface area contributed by atoms with Gasteiger partial charge in [0.2, 0.25) is 5.91 Å². The Labute approximate surface area is 99.8 Å². The van der Waals surface area contributed by atoms with E-state index in [4.69, 9.17) is 9.47 Å². The van der Waals surface area contributed by atoms with Crippen molar-refractivity contribution in [2.24, 2.45) is 0 Å². The van der Waals surface area contributed by atoms with Crippen molar-refractivity contribution >= 4 is 16.7 Å². The highest BCUT2D eigenvalue weighted by Crippen LogP contribution is 2.22. The molecule has 0 spiro atoms. The third kappa shape index (κ3) is 2.35. The summed E-state index contributed by atoms with van der Waals surface area (Å²) in [6.07, 6.45) is 1.51. The molecule has 0 aliphatic heterocycles. The number of aromatic nitrogens is 2. The van der Waals surface area contributed by atoms with E-state index in [1.807, 2.05) is 24.3 Å². The van der Waals surface area contributed by atoms with Crippen LogP contribution in [0.4, 0.5) is 5.82 Å². The summed E-state index contributed by atoms with van der Waals surface area (Å²) < 4.78 is 10.5. The zero-order valence-corrected chi connectivity index (χ0v) is 10.1. The van der Waals surface area contributed by atoms with Crippen LogP contribution in [0.3, 0.4) is 0 Å². The van der Waals surface area contributed by atoms with Crippen LogP contribution in [-0.4, -0.2) is 30.1 Å². The lowest BCUT2D eigenvalue weighted by Crippen LogP contribution is -2.39. The first-order valence-electron chi connectivity index (χ1n) is 5.27. The van der Waals surface area contributed by atoms with Gasteiger partial charge in [0.05, 0.1) is 5.52 Å². The van der Waals surface area contributed by atoms with Crippen molar-refractivity contribution in [1.29, 1.82) is 0 Å². The van der Waals surface area contributed by atoms with Gasteiger partial charge in [-0.25, -0.2) is 9.97 Å². The monoisotopic (exact) mass is 233 g/mol. The quantitative estimate of drug-likeness (QED) is 0.819. The molecular formula is C12H15N3O2. The molecule has 0 amide bonds. The van der Waals surface area contributed by atoms with E-state index in [0.717, 1.165) is 10.9 Å². The predicted molar refractivity (Wildman–Crippen MR) is 65.6 cm³/mol. The smallest absolute Gasteiger partial charge is 0.246 e. The van der Waals surface area contributed by atoms with Gasteiger partial charge in [0.15, 0.2) is 0 Å². The molecule has 0 fully saturated rings. The number of hydrogen-bond acceptors (Lipinski definition) is 5. The Morgan fingerprint density at radius 3 is 2.53 bits per heavy atom. The predicted octanol–water partition coefficient (Wildman–Crippen LogP) is 2.01. The second-order valence-electron chi connectivity index (χ2n) is 3.72. The molecule has 0 saturated heterocycles. The molecule has 0 saturated carbocycles. The lowest BCUT2D eigenvalue weighted by Gasteiger charge is -2.28.